The van der Waals surface area contributed by atoms with Crippen molar-refractivity contribution in [1.82, 2.24) is 0 Å². The van der Waals surface area contributed by atoms with E-state index in [9.17, 15) is 9.90 Å². The molecule has 20 heavy (non-hydrogen) atoms. The fraction of sp³-hybridized carbons (Fsp3) is 0.562. The molecule has 2 atom stereocenters. The van der Waals surface area contributed by atoms with Crippen molar-refractivity contribution < 1.29 is 19.4 Å². The van der Waals surface area contributed by atoms with Gasteiger partial charge in [0.05, 0.1) is 18.1 Å². The molecule has 0 aliphatic carbocycles. The van der Waals surface area contributed by atoms with Crippen LogP contribution in [0.15, 0.2) is 30.3 Å². The van der Waals surface area contributed by atoms with E-state index < -0.39 is 23.1 Å². The molecule has 0 fully saturated rings. The number of carbonyl (C=O) groups excluding carboxylic acids is 1. The summed E-state index contributed by atoms with van der Waals surface area (Å²) in [5.41, 5.74) is -1.56. The van der Waals surface area contributed by atoms with Gasteiger partial charge in [0.2, 0.25) is 0 Å². The summed E-state index contributed by atoms with van der Waals surface area (Å²) in [4.78, 5) is 12.1. The van der Waals surface area contributed by atoms with Crippen LogP contribution in [0.4, 0.5) is 0 Å². The van der Waals surface area contributed by atoms with E-state index in [4.69, 9.17) is 9.47 Å². The summed E-state index contributed by atoms with van der Waals surface area (Å²) in [6.45, 7) is 7.11. The molecule has 0 aromatic heterocycles. The first kappa shape index (κ1) is 16.7. The van der Waals surface area contributed by atoms with Crippen molar-refractivity contribution >= 4 is 5.97 Å². The molecule has 0 bridgehead atoms. The highest BCUT2D eigenvalue weighted by Crippen LogP contribution is 2.40. The zero-order valence-electron chi connectivity index (χ0n) is 12.8. The molecular formula is C16H24O4. The number of methoxy groups -OCH3 is 1. The normalized spacial score (nSPS) is 16.3. The molecule has 0 saturated carbocycles. The Balaban J connectivity index is 3.28. The predicted octanol–water partition coefficient (Wildman–Crippen LogP) is 2.51. The second kappa shape index (κ2) is 6.37. The van der Waals surface area contributed by atoms with Crippen LogP contribution < -0.4 is 0 Å². The predicted molar refractivity (Wildman–Crippen MR) is 77.5 cm³/mol. The van der Waals surface area contributed by atoms with E-state index in [0.29, 0.717) is 0 Å². The Morgan fingerprint density at radius 2 is 1.80 bits per heavy atom. The smallest absolute Gasteiger partial charge is 0.338 e. The average molecular weight is 280 g/mol. The van der Waals surface area contributed by atoms with Crippen LogP contribution in [0.5, 0.6) is 0 Å². The Morgan fingerprint density at radius 3 is 2.25 bits per heavy atom. The zero-order chi connectivity index (χ0) is 15.4. The van der Waals surface area contributed by atoms with Crippen molar-refractivity contribution in [3.8, 4) is 0 Å². The van der Waals surface area contributed by atoms with Gasteiger partial charge in [-0.2, -0.15) is 0 Å². The Kier molecular flexibility index (Phi) is 5.31. The fourth-order valence-corrected chi connectivity index (χ4v) is 2.56. The maximum absolute atomic E-state index is 12.1. The molecule has 1 aromatic rings. The second-order valence-electron chi connectivity index (χ2n) is 5.52. The molecule has 0 aliphatic rings. The van der Waals surface area contributed by atoms with Crippen molar-refractivity contribution in [2.45, 2.75) is 44.8 Å². The number of ether oxygens (including phenoxy) is 2. The van der Waals surface area contributed by atoms with Crippen molar-refractivity contribution in [3.63, 3.8) is 0 Å². The van der Waals surface area contributed by atoms with Crippen LogP contribution >= 0.6 is 0 Å². The van der Waals surface area contributed by atoms with Gasteiger partial charge < -0.3 is 14.6 Å². The van der Waals surface area contributed by atoms with E-state index in [1.54, 1.807) is 14.0 Å². The molecule has 0 aliphatic heterocycles. The van der Waals surface area contributed by atoms with Gasteiger partial charge in [0, 0.05) is 7.11 Å². The summed E-state index contributed by atoms with van der Waals surface area (Å²) in [7, 11) is 1.57. The Hall–Kier alpha value is -1.39. The minimum Gasteiger partial charge on any atom is -0.464 e. The molecule has 1 aromatic carbocycles. The number of carbonyl (C=O) groups is 1. The first-order valence-electron chi connectivity index (χ1n) is 6.77. The van der Waals surface area contributed by atoms with E-state index in [1.807, 2.05) is 44.2 Å². The Labute approximate surface area is 120 Å². The summed E-state index contributed by atoms with van der Waals surface area (Å²) in [6, 6.07) is 9.38. The quantitative estimate of drug-likeness (QED) is 0.813. The van der Waals surface area contributed by atoms with Crippen LogP contribution in [0, 0.1) is 0 Å². The second-order valence-corrected chi connectivity index (χ2v) is 5.52. The number of esters is 1. The van der Waals surface area contributed by atoms with Gasteiger partial charge in [-0.1, -0.05) is 30.3 Å². The first-order valence-corrected chi connectivity index (χ1v) is 6.77. The molecule has 112 valence electrons. The Morgan fingerprint density at radius 1 is 1.25 bits per heavy atom. The number of benzene rings is 1. The summed E-state index contributed by atoms with van der Waals surface area (Å²) in [5, 5.41) is 10.7. The van der Waals surface area contributed by atoms with Gasteiger partial charge in [-0.25, -0.2) is 4.79 Å². The molecule has 1 rings (SSSR count). The van der Waals surface area contributed by atoms with Crippen LogP contribution in [0.25, 0.3) is 0 Å². The van der Waals surface area contributed by atoms with Gasteiger partial charge in [-0.3, -0.25) is 0 Å². The molecular weight excluding hydrogens is 256 g/mol. The monoisotopic (exact) mass is 280 g/mol. The third-order valence-corrected chi connectivity index (χ3v) is 3.61. The molecule has 0 saturated heterocycles. The van der Waals surface area contributed by atoms with Crippen molar-refractivity contribution in [3.05, 3.63) is 35.9 Å². The molecule has 1 N–H and O–H groups in total. The van der Waals surface area contributed by atoms with Crippen molar-refractivity contribution in [1.29, 1.82) is 0 Å². The number of aliphatic hydroxyl groups is 1. The van der Waals surface area contributed by atoms with Crippen LogP contribution in [0.3, 0.4) is 0 Å². The maximum Gasteiger partial charge on any atom is 0.338 e. The number of hydrogen-bond acceptors (Lipinski definition) is 4. The van der Waals surface area contributed by atoms with Crippen molar-refractivity contribution in [2.24, 2.45) is 0 Å². The minimum atomic E-state index is -1.67. The lowest BCUT2D eigenvalue weighted by Gasteiger charge is -2.41. The van der Waals surface area contributed by atoms with Crippen molar-refractivity contribution in [2.75, 3.05) is 13.7 Å². The number of hydrogen-bond donors (Lipinski definition) is 1. The van der Waals surface area contributed by atoms with Gasteiger partial charge in [0.25, 0.3) is 0 Å². The molecule has 0 radical (unpaired) electrons. The minimum absolute atomic E-state index is 0.226. The van der Waals surface area contributed by atoms with Gasteiger partial charge >= 0.3 is 5.97 Å². The standard InChI is InChI=1S/C16H24O4/c1-6-20-14(17)16(4,18)13(15(2,3)19-5)12-10-8-7-9-11-12/h7-11,13,18H,6H2,1-5H3. The van der Waals surface area contributed by atoms with Crippen LogP contribution in [-0.4, -0.2) is 36.0 Å². The van der Waals surface area contributed by atoms with Crippen LogP contribution in [-0.2, 0) is 14.3 Å². The maximum atomic E-state index is 12.1. The summed E-state index contributed by atoms with van der Waals surface area (Å²) >= 11 is 0. The highest BCUT2D eigenvalue weighted by atomic mass is 16.5. The highest BCUT2D eigenvalue weighted by Gasteiger charge is 2.49. The summed E-state index contributed by atoms with van der Waals surface area (Å²) < 4.78 is 10.5. The molecule has 2 unspecified atom stereocenters. The topological polar surface area (TPSA) is 55.8 Å². The molecule has 0 spiro atoms. The Bertz CT molecular complexity index is 437. The third-order valence-electron chi connectivity index (χ3n) is 3.61. The van der Waals surface area contributed by atoms with Gasteiger partial charge in [-0.15, -0.1) is 0 Å². The fourth-order valence-electron chi connectivity index (χ4n) is 2.56. The highest BCUT2D eigenvalue weighted by molar-refractivity contribution is 5.80. The molecule has 4 nitrogen and oxygen atoms in total. The third kappa shape index (κ3) is 3.38. The SMILES string of the molecule is CCOC(=O)C(C)(O)C(c1ccccc1)C(C)(C)OC. The molecule has 0 heterocycles. The van der Waals surface area contributed by atoms with Gasteiger partial charge in [0.1, 0.15) is 0 Å². The van der Waals surface area contributed by atoms with E-state index in [1.165, 1.54) is 6.92 Å². The van der Waals surface area contributed by atoms with Gasteiger partial charge in [0.15, 0.2) is 5.60 Å². The lowest BCUT2D eigenvalue weighted by Crippen LogP contribution is -2.51. The van der Waals surface area contributed by atoms with E-state index in [2.05, 4.69) is 0 Å². The summed E-state index contributed by atoms with van der Waals surface area (Å²) in [6.07, 6.45) is 0. The van der Waals surface area contributed by atoms with E-state index >= 15 is 0 Å². The van der Waals surface area contributed by atoms with Crippen LogP contribution in [0.2, 0.25) is 0 Å². The average Bonchev–Trinajstić information content (AvgIpc) is 2.39. The lowest BCUT2D eigenvalue weighted by molar-refractivity contribution is -0.174. The summed E-state index contributed by atoms with van der Waals surface area (Å²) in [5.74, 6) is -1.18. The first-order chi connectivity index (χ1) is 9.27. The molecule has 0 amide bonds. The van der Waals surface area contributed by atoms with Gasteiger partial charge in [-0.05, 0) is 33.3 Å². The lowest BCUT2D eigenvalue weighted by atomic mass is 9.73. The number of rotatable bonds is 6. The van der Waals surface area contributed by atoms with E-state index in [0.717, 1.165) is 5.56 Å². The van der Waals surface area contributed by atoms with E-state index in [-0.39, 0.29) is 6.61 Å². The van der Waals surface area contributed by atoms with Crippen LogP contribution in [0.1, 0.15) is 39.2 Å². The largest absolute Gasteiger partial charge is 0.464 e. The zero-order valence-corrected chi connectivity index (χ0v) is 12.8. The molecule has 4 heteroatoms.